The van der Waals surface area contributed by atoms with Crippen LogP contribution in [0.2, 0.25) is 0 Å². The maximum atomic E-state index is 13.3. The summed E-state index contributed by atoms with van der Waals surface area (Å²) in [6.07, 6.45) is 0.456. The highest BCUT2D eigenvalue weighted by atomic mass is 19.1. The van der Waals surface area contributed by atoms with Crippen molar-refractivity contribution < 1.29 is 8.78 Å². The molecule has 0 amide bonds. The van der Waals surface area contributed by atoms with E-state index in [1.165, 1.54) is 6.07 Å². The van der Waals surface area contributed by atoms with Gasteiger partial charge in [-0.3, -0.25) is 0 Å². The smallest absolute Gasteiger partial charge is 0.126 e. The van der Waals surface area contributed by atoms with Crippen LogP contribution >= 0.6 is 0 Å². The molecule has 17 heavy (non-hydrogen) atoms. The number of likely N-dealkylation sites (N-methyl/N-ethyl adjacent to an activating group) is 1. The zero-order valence-corrected chi connectivity index (χ0v) is 10.00. The molecule has 0 bridgehead atoms. The van der Waals surface area contributed by atoms with Gasteiger partial charge in [0.2, 0.25) is 0 Å². The standard InChI is InChI=1S/C12H19F2N3/c1-17(8-11(16)7-15)5-4-9-6-10(13)2-3-12(9)14/h2-3,6,11H,4-5,7-8,15-16H2,1H3. The van der Waals surface area contributed by atoms with Gasteiger partial charge in [0.15, 0.2) is 0 Å². The number of halogens is 2. The minimum absolute atomic E-state index is 0.0858. The van der Waals surface area contributed by atoms with Crippen molar-refractivity contribution in [3.05, 3.63) is 35.4 Å². The summed E-state index contributed by atoms with van der Waals surface area (Å²) in [5.74, 6) is -0.786. The molecule has 0 aromatic heterocycles. The van der Waals surface area contributed by atoms with E-state index in [4.69, 9.17) is 11.5 Å². The van der Waals surface area contributed by atoms with E-state index in [2.05, 4.69) is 0 Å². The Hall–Kier alpha value is -1.04. The predicted octanol–water partition coefficient (Wildman–Crippen LogP) is 0.725. The molecule has 0 aliphatic rings. The van der Waals surface area contributed by atoms with Crippen LogP contribution in [-0.2, 0) is 6.42 Å². The fourth-order valence-corrected chi connectivity index (χ4v) is 1.61. The zero-order chi connectivity index (χ0) is 12.8. The fourth-order valence-electron chi connectivity index (χ4n) is 1.61. The van der Waals surface area contributed by atoms with E-state index in [0.29, 0.717) is 31.6 Å². The van der Waals surface area contributed by atoms with Crippen LogP contribution in [0.25, 0.3) is 0 Å². The second kappa shape index (κ2) is 6.64. The monoisotopic (exact) mass is 243 g/mol. The van der Waals surface area contributed by atoms with Gasteiger partial charge in [-0.05, 0) is 37.2 Å². The van der Waals surface area contributed by atoms with Crippen molar-refractivity contribution >= 4 is 0 Å². The normalized spacial score (nSPS) is 13.1. The molecule has 4 N–H and O–H groups in total. The molecule has 0 fully saturated rings. The van der Waals surface area contributed by atoms with Gasteiger partial charge in [-0.1, -0.05) is 0 Å². The third-order valence-corrected chi connectivity index (χ3v) is 2.62. The summed E-state index contributed by atoms with van der Waals surface area (Å²) in [4.78, 5) is 1.96. The molecule has 5 heteroatoms. The molecule has 1 aromatic carbocycles. The van der Waals surface area contributed by atoms with Crippen molar-refractivity contribution in [1.29, 1.82) is 0 Å². The third-order valence-electron chi connectivity index (χ3n) is 2.62. The Morgan fingerprint density at radius 1 is 1.35 bits per heavy atom. The molecular formula is C12H19F2N3. The molecule has 0 radical (unpaired) electrons. The van der Waals surface area contributed by atoms with E-state index in [0.717, 1.165) is 12.1 Å². The summed E-state index contributed by atoms with van der Waals surface area (Å²) in [6, 6.07) is 3.41. The van der Waals surface area contributed by atoms with Gasteiger partial charge in [-0.2, -0.15) is 0 Å². The van der Waals surface area contributed by atoms with Gasteiger partial charge in [0.05, 0.1) is 0 Å². The van der Waals surface area contributed by atoms with Gasteiger partial charge in [-0.25, -0.2) is 8.78 Å². The molecule has 3 nitrogen and oxygen atoms in total. The molecule has 1 rings (SSSR count). The molecule has 1 atom stereocenters. The van der Waals surface area contributed by atoms with Crippen molar-refractivity contribution in [2.24, 2.45) is 11.5 Å². The number of hydrogen-bond acceptors (Lipinski definition) is 3. The van der Waals surface area contributed by atoms with Gasteiger partial charge >= 0.3 is 0 Å². The molecule has 96 valence electrons. The summed E-state index contributed by atoms with van der Waals surface area (Å²) in [7, 11) is 1.88. The summed E-state index contributed by atoms with van der Waals surface area (Å²) in [6.45, 7) is 1.68. The van der Waals surface area contributed by atoms with Crippen molar-refractivity contribution in [3.8, 4) is 0 Å². The van der Waals surface area contributed by atoms with Gasteiger partial charge in [-0.15, -0.1) is 0 Å². The molecule has 0 saturated carbocycles. The van der Waals surface area contributed by atoms with Crippen LogP contribution in [0, 0.1) is 11.6 Å². The lowest BCUT2D eigenvalue weighted by Crippen LogP contribution is -2.41. The predicted molar refractivity (Wildman–Crippen MR) is 64.6 cm³/mol. The van der Waals surface area contributed by atoms with Gasteiger partial charge < -0.3 is 16.4 Å². The Labute approximate surface area is 100 Å². The lowest BCUT2D eigenvalue weighted by Gasteiger charge is -2.20. The summed E-state index contributed by atoms with van der Waals surface area (Å²) in [5.41, 5.74) is 11.5. The van der Waals surface area contributed by atoms with Crippen LogP contribution in [0.1, 0.15) is 5.56 Å². The number of nitrogens with zero attached hydrogens (tertiary/aromatic N) is 1. The third kappa shape index (κ3) is 4.77. The fraction of sp³-hybridized carbons (Fsp3) is 0.500. The maximum absolute atomic E-state index is 13.3. The first-order chi connectivity index (χ1) is 8.02. The topological polar surface area (TPSA) is 55.3 Å². The SMILES string of the molecule is CN(CCc1cc(F)ccc1F)CC(N)CN. The summed E-state index contributed by atoms with van der Waals surface area (Å²) in [5, 5.41) is 0. The average molecular weight is 243 g/mol. The first kappa shape index (κ1) is 14.0. The van der Waals surface area contributed by atoms with Gasteiger partial charge in [0.1, 0.15) is 11.6 Å². The Morgan fingerprint density at radius 2 is 2.06 bits per heavy atom. The largest absolute Gasteiger partial charge is 0.329 e. The van der Waals surface area contributed by atoms with Crippen LogP contribution in [0.5, 0.6) is 0 Å². The van der Waals surface area contributed by atoms with Crippen LogP contribution in [0.4, 0.5) is 8.78 Å². The number of hydrogen-bond donors (Lipinski definition) is 2. The van der Waals surface area contributed by atoms with Crippen LogP contribution in [0.15, 0.2) is 18.2 Å². The number of rotatable bonds is 6. The molecule has 1 aromatic rings. The molecule has 0 spiro atoms. The van der Waals surface area contributed by atoms with Crippen LogP contribution < -0.4 is 11.5 Å². The van der Waals surface area contributed by atoms with Crippen molar-refractivity contribution in [2.75, 3.05) is 26.7 Å². The van der Waals surface area contributed by atoms with Crippen molar-refractivity contribution in [3.63, 3.8) is 0 Å². The molecule has 0 saturated heterocycles. The highest BCUT2D eigenvalue weighted by Crippen LogP contribution is 2.10. The Morgan fingerprint density at radius 3 is 2.71 bits per heavy atom. The van der Waals surface area contributed by atoms with Gasteiger partial charge in [0, 0.05) is 25.7 Å². The van der Waals surface area contributed by atoms with Crippen LogP contribution in [-0.4, -0.2) is 37.6 Å². The lowest BCUT2D eigenvalue weighted by atomic mass is 10.1. The highest BCUT2D eigenvalue weighted by Gasteiger charge is 2.08. The van der Waals surface area contributed by atoms with Crippen molar-refractivity contribution in [2.45, 2.75) is 12.5 Å². The van der Waals surface area contributed by atoms with E-state index >= 15 is 0 Å². The van der Waals surface area contributed by atoms with E-state index in [-0.39, 0.29) is 11.9 Å². The van der Waals surface area contributed by atoms with E-state index in [9.17, 15) is 8.78 Å². The van der Waals surface area contributed by atoms with Crippen molar-refractivity contribution in [1.82, 2.24) is 4.90 Å². The average Bonchev–Trinajstić information content (AvgIpc) is 2.30. The molecule has 0 aliphatic carbocycles. The van der Waals surface area contributed by atoms with Gasteiger partial charge in [0.25, 0.3) is 0 Å². The number of benzene rings is 1. The summed E-state index contributed by atoms with van der Waals surface area (Å²) >= 11 is 0. The first-order valence-electron chi connectivity index (χ1n) is 5.61. The number of nitrogens with two attached hydrogens (primary N) is 2. The molecule has 0 aliphatic heterocycles. The minimum atomic E-state index is -0.414. The zero-order valence-electron chi connectivity index (χ0n) is 10.00. The Kier molecular flexibility index (Phi) is 5.47. The maximum Gasteiger partial charge on any atom is 0.126 e. The van der Waals surface area contributed by atoms with E-state index in [1.54, 1.807) is 0 Å². The second-order valence-electron chi connectivity index (χ2n) is 4.24. The Balaban J connectivity index is 2.47. The minimum Gasteiger partial charge on any atom is -0.329 e. The molecule has 0 heterocycles. The van der Waals surface area contributed by atoms with E-state index < -0.39 is 5.82 Å². The first-order valence-corrected chi connectivity index (χ1v) is 5.61. The van der Waals surface area contributed by atoms with E-state index in [1.807, 2.05) is 11.9 Å². The molecular weight excluding hydrogens is 224 g/mol. The second-order valence-corrected chi connectivity index (χ2v) is 4.24. The quantitative estimate of drug-likeness (QED) is 0.774. The highest BCUT2D eigenvalue weighted by molar-refractivity contribution is 5.18. The lowest BCUT2D eigenvalue weighted by molar-refractivity contribution is 0.314. The summed E-state index contributed by atoms with van der Waals surface area (Å²) < 4.78 is 26.2. The molecule has 1 unspecified atom stereocenters. The Bertz CT molecular complexity index is 358. The van der Waals surface area contributed by atoms with Crippen LogP contribution in [0.3, 0.4) is 0 Å².